The molecular weight excluding hydrogens is 611 g/mol. The number of hydrogen-bond donors (Lipinski definition) is 0. The normalized spacial score (nSPS) is 11.2. The average Bonchev–Trinajstić information content (AvgIpc) is 3.21. The summed E-state index contributed by atoms with van der Waals surface area (Å²) in [6.45, 7) is 0. The van der Waals surface area contributed by atoms with Crippen LogP contribution in [0.2, 0.25) is 0 Å². The molecule has 5 nitrogen and oxygen atoms in total. The Bertz CT molecular complexity index is 2690. The molecule has 50 heavy (non-hydrogen) atoms. The number of benzene rings is 7. The molecule has 0 aliphatic rings. The first-order chi connectivity index (χ1) is 24.7. The Morgan fingerprint density at radius 2 is 0.920 bits per heavy atom. The van der Waals surface area contributed by atoms with Crippen LogP contribution in [0.5, 0.6) is 0 Å². The maximum atomic E-state index is 9.38. The number of nitrogens with zero attached hydrogens (tertiary/aromatic N) is 5. The van der Waals surface area contributed by atoms with Gasteiger partial charge >= 0.3 is 0 Å². The topological polar surface area (TPSA) is 75.3 Å². The molecule has 0 unspecified atom stereocenters. The lowest BCUT2D eigenvalue weighted by atomic mass is 9.89. The molecule has 2 aromatic heterocycles. The van der Waals surface area contributed by atoms with Crippen molar-refractivity contribution in [3.05, 3.63) is 169 Å². The zero-order chi connectivity index (χ0) is 33.4. The van der Waals surface area contributed by atoms with Crippen LogP contribution in [0.1, 0.15) is 5.56 Å². The molecule has 0 fully saturated rings. The zero-order valence-electron chi connectivity index (χ0n) is 26.8. The van der Waals surface area contributed by atoms with Gasteiger partial charge in [-0.3, -0.25) is 4.98 Å². The van der Waals surface area contributed by atoms with Gasteiger partial charge in [-0.1, -0.05) is 121 Å². The Morgan fingerprint density at radius 3 is 1.60 bits per heavy atom. The first kappa shape index (κ1) is 29.1. The Hall–Kier alpha value is -7.03. The molecule has 0 bridgehead atoms. The summed E-state index contributed by atoms with van der Waals surface area (Å²) in [5.74, 6) is 1.86. The summed E-state index contributed by atoms with van der Waals surface area (Å²) in [4.78, 5) is 19.8. The van der Waals surface area contributed by atoms with E-state index in [1.54, 1.807) is 0 Å². The molecule has 2 heterocycles. The maximum absolute atomic E-state index is 9.38. The lowest BCUT2D eigenvalue weighted by Crippen LogP contribution is -2.00. The molecular formula is C45H27N5. The van der Waals surface area contributed by atoms with Crippen LogP contribution in [0.4, 0.5) is 0 Å². The number of nitriles is 1. The fourth-order valence-electron chi connectivity index (χ4n) is 6.77. The van der Waals surface area contributed by atoms with Gasteiger partial charge in [-0.15, -0.1) is 0 Å². The Labute approximate surface area is 288 Å². The molecule has 9 aromatic rings. The van der Waals surface area contributed by atoms with Gasteiger partial charge in [-0.05, 0) is 74.6 Å². The fourth-order valence-corrected chi connectivity index (χ4v) is 6.77. The van der Waals surface area contributed by atoms with Gasteiger partial charge in [0.05, 0.1) is 17.1 Å². The van der Waals surface area contributed by atoms with Crippen LogP contribution < -0.4 is 0 Å². The minimum Gasteiger partial charge on any atom is -0.256 e. The molecule has 0 aliphatic carbocycles. The van der Waals surface area contributed by atoms with Crippen molar-refractivity contribution in [2.75, 3.05) is 0 Å². The highest BCUT2D eigenvalue weighted by atomic mass is 15.0. The lowest BCUT2D eigenvalue weighted by molar-refractivity contribution is 1.07. The predicted molar refractivity (Wildman–Crippen MR) is 202 cm³/mol. The van der Waals surface area contributed by atoms with Crippen molar-refractivity contribution in [2.45, 2.75) is 0 Å². The van der Waals surface area contributed by atoms with E-state index in [0.717, 1.165) is 71.4 Å². The van der Waals surface area contributed by atoms with Crippen molar-refractivity contribution in [3.63, 3.8) is 0 Å². The summed E-state index contributed by atoms with van der Waals surface area (Å²) < 4.78 is 0. The molecule has 232 valence electrons. The summed E-state index contributed by atoms with van der Waals surface area (Å²) in [5.41, 5.74) is 8.57. The number of pyridine rings is 1. The number of rotatable bonds is 5. The molecule has 7 aromatic carbocycles. The van der Waals surface area contributed by atoms with Crippen molar-refractivity contribution in [1.29, 1.82) is 5.26 Å². The molecule has 5 heteroatoms. The van der Waals surface area contributed by atoms with E-state index in [4.69, 9.17) is 19.9 Å². The van der Waals surface area contributed by atoms with Crippen LogP contribution in [0, 0.1) is 11.3 Å². The van der Waals surface area contributed by atoms with E-state index in [9.17, 15) is 5.26 Å². The van der Waals surface area contributed by atoms with E-state index >= 15 is 0 Å². The second-order valence-corrected chi connectivity index (χ2v) is 12.2. The molecule has 0 atom stereocenters. The standard InChI is InChI=1S/C45H27N5/c46-28-29-20-22-30(23-21-29)38-26-41-37-19-10-24-47-42(37)39(27-40(41)36-18-8-7-17-35(36)38)33-15-9-16-34(25-33)45-49-43(31-11-3-1-4-12-31)48-44(50-45)32-13-5-2-6-14-32/h1-27H. The first-order valence-corrected chi connectivity index (χ1v) is 16.4. The molecule has 0 aliphatic heterocycles. The van der Waals surface area contributed by atoms with Crippen molar-refractivity contribution in [1.82, 2.24) is 19.9 Å². The van der Waals surface area contributed by atoms with Gasteiger partial charge in [0.15, 0.2) is 17.5 Å². The van der Waals surface area contributed by atoms with Gasteiger partial charge in [0.1, 0.15) is 0 Å². The van der Waals surface area contributed by atoms with Crippen LogP contribution >= 0.6 is 0 Å². The van der Waals surface area contributed by atoms with E-state index < -0.39 is 0 Å². The SMILES string of the molecule is N#Cc1ccc(-c2cc3c4cccnc4c(-c4cccc(-c5nc(-c6ccccc6)nc(-c6ccccc6)n5)c4)cc3c3ccccc23)cc1. The molecule has 0 amide bonds. The predicted octanol–water partition coefficient (Wildman–Crippen LogP) is 10.9. The van der Waals surface area contributed by atoms with Gasteiger partial charge in [0, 0.05) is 33.8 Å². The van der Waals surface area contributed by atoms with E-state index in [-0.39, 0.29) is 0 Å². The van der Waals surface area contributed by atoms with E-state index in [2.05, 4.69) is 72.8 Å². The van der Waals surface area contributed by atoms with Gasteiger partial charge < -0.3 is 0 Å². The largest absolute Gasteiger partial charge is 0.256 e. The molecule has 9 rings (SSSR count). The van der Waals surface area contributed by atoms with E-state index in [0.29, 0.717) is 23.0 Å². The number of hydrogen-bond acceptors (Lipinski definition) is 5. The lowest BCUT2D eigenvalue weighted by Gasteiger charge is -2.16. The third-order valence-corrected chi connectivity index (χ3v) is 9.18. The van der Waals surface area contributed by atoms with Crippen LogP contribution in [-0.4, -0.2) is 19.9 Å². The third-order valence-electron chi connectivity index (χ3n) is 9.18. The zero-order valence-corrected chi connectivity index (χ0v) is 26.8. The molecule has 0 spiro atoms. The maximum Gasteiger partial charge on any atom is 0.164 e. The van der Waals surface area contributed by atoms with Crippen LogP contribution in [0.25, 0.3) is 88.9 Å². The van der Waals surface area contributed by atoms with Crippen molar-refractivity contribution < 1.29 is 0 Å². The van der Waals surface area contributed by atoms with Crippen molar-refractivity contribution >= 4 is 32.4 Å². The van der Waals surface area contributed by atoms with Gasteiger partial charge in [-0.25, -0.2) is 15.0 Å². The third kappa shape index (κ3) is 5.13. The molecule has 0 N–H and O–H groups in total. The molecule has 0 saturated carbocycles. The fraction of sp³-hybridized carbons (Fsp3) is 0. The molecule has 0 radical (unpaired) electrons. The highest BCUT2D eigenvalue weighted by molar-refractivity contribution is 6.23. The smallest absolute Gasteiger partial charge is 0.164 e. The Balaban J connectivity index is 1.25. The Kier molecular flexibility index (Phi) is 7.11. The average molecular weight is 638 g/mol. The van der Waals surface area contributed by atoms with Crippen LogP contribution in [-0.2, 0) is 0 Å². The minimum atomic E-state index is 0.607. The quantitative estimate of drug-likeness (QED) is 0.176. The highest BCUT2D eigenvalue weighted by Gasteiger charge is 2.17. The summed E-state index contributed by atoms with van der Waals surface area (Å²) in [7, 11) is 0. The number of aromatic nitrogens is 4. The monoisotopic (exact) mass is 637 g/mol. The summed E-state index contributed by atoms with van der Waals surface area (Å²) in [6, 6.07) is 55.7. The van der Waals surface area contributed by atoms with Crippen LogP contribution in [0.15, 0.2) is 164 Å². The number of fused-ring (bicyclic) bond motifs is 5. The second kappa shape index (κ2) is 12.2. The van der Waals surface area contributed by atoms with E-state index in [1.807, 2.05) is 97.2 Å². The van der Waals surface area contributed by atoms with E-state index in [1.165, 1.54) is 0 Å². The van der Waals surface area contributed by atoms with Crippen molar-refractivity contribution in [3.8, 4) is 62.5 Å². The van der Waals surface area contributed by atoms with Gasteiger partial charge in [0.2, 0.25) is 0 Å². The van der Waals surface area contributed by atoms with Crippen LogP contribution in [0.3, 0.4) is 0 Å². The highest BCUT2D eigenvalue weighted by Crippen LogP contribution is 2.41. The summed E-state index contributed by atoms with van der Waals surface area (Å²) in [6.07, 6.45) is 1.86. The van der Waals surface area contributed by atoms with Gasteiger partial charge in [0.25, 0.3) is 0 Å². The first-order valence-electron chi connectivity index (χ1n) is 16.4. The summed E-state index contributed by atoms with van der Waals surface area (Å²) in [5, 5.41) is 15.0. The molecule has 0 saturated heterocycles. The van der Waals surface area contributed by atoms with Crippen molar-refractivity contribution in [2.24, 2.45) is 0 Å². The van der Waals surface area contributed by atoms with Gasteiger partial charge in [-0.2, -0.15) is 5.26 Å². The Morgan fingerprint density at radius 1 is 0.380 bits per heavy atom. The summed E-state index contributed by atoms with van der Waals surface area (Å²) >= 11 is 0. The second-order valence-electron chi connectivity index (χ2n) is 12.2. The minimum absolute atomic E-state index is 0.607.